The second-order valence-electron chi connectivity index (χ2n) is 7.41. The molecule has 2 heterocycles. The number of amides is 1. The van der Waals surface area contributed by atoms with Crippen molar-refractivity contribution in [3.8, 4) is 17.4 Å². The van der Waals surface area contributed by atoms with Gasteiger partial charge >= 0.3 is 0 Å². The molecule has 1 amide bonds. The molecule has 8 nitrogen and oxygen atoms in total. The number of hydrogen-bond donors (Lipinski definition) is 3. The molecule has 1 aliphatic rings. The number of anilines is 1. The summed E-state index contributed by atoms with van der Waals surface area (Å²) in [7, 11) is 3.06. The van der Waals surface area contributed by atoms with Crippen LogP contribution in [0.4, 0.5) is 11.4 Å². The van der Waals surface area contributed by atoms with Gasteiger partial charge in [0.05, 0.1) is 36.5 Å². The molecule has 3 N–H and O–H groups in total. The second-order valence-corrected chi connectivity index (χ2v) is 7.41. The van der Waals surface area contributed by atoms with Crippen molar-refractivity contribution in [2.45, 2.75) is 0 Å². The van der Waals surface area contributed by atoms with Crippen LogP contribution in [-0.4, -0.2) is 36.6 Å². The number of fused-ring (bicyclic) bond motifs is 2. The molecule has 1 aromatic heterocycles. The monoisotopic (exact) mass is 440 g/mol. The van der Waals surface area contributed by atoms with Crippen LogP contribution < -0.4 is 25.4 Å². The Labute approximate surface area is 188 Å². The Morgan fingerprint density at radius 3 is 2.73 bits per heavy atom. The van der Waals surface area contributed by atoms with Crippen molar-refractivity contribution in [1.29, 1.82) is 0 Å². The molecule has 0 radical (unpaired) electrons. The Bertz CT molecular complexity index is 1550. The molecule has 5 rings (SSSR count). The molecule has 0 saturated carbocycles. The van der Waals surface area contributed by atoms with Crippen LogP contribution in [0, 0.1) is 0 Å². The fourth-order valence-electron chi connectivity index (χ4n) is 3.84. The zero-order chi connectivity index (χ0) is 22.9. The summed E-state index contributed by atoms with van der Waals surface area (Å²) in [5.74, 6) is 0.688. The summed E-state index contributed by atoms with van der Waals surface area (Å²) in [6.07, 6.45) is 3.35. The Hall–Kier alpha value is -4.59. The average Bonchev–Trinajstić information content (AvgIpc) is 3.42. The summed E-state index contributed by atoms with van der Waals surface area (Å²) in [5, 5.41) is 15.9. The summed E-state index contributed by atoms with van der Waals surface area (Å²) in [5.41, 5.74) is 3.00. The van der Waals surface area contributed by atoms with Crippen LogP contribution in [0.3, 0.4) is 0 Å². The van der Waals surface area contributed by atoms with Gasteiger partial charge in [0.25, 0.3) is 5.91 Å². The van der Waals surface area contributed by atoms with Gasteiger partial charge in [0.2, 0.25) is 0 Å². The van der Waals surface area contributed by atoms with Gasteiger partial charge in [-0.2, -0.15) is 0 Å². The van der Waals surface area contributed by atoms with Gasteiger partial charge in [-0.05, 0) is 53.8 Å². The Kier molecular flexibility index (Phi) is 5.02. The summed E-state index contributed by atoms with van der Waals surface area (Å²) in [6, 6.07) is 16.1. The molecule has 1 aliphatic heterocycles. The molecule has 3 aromatic carbocycles. The molecule has 0 aliphatic carbocycles. The molecule has 0 spiro atoms. The summed E-state index contributed by atoms with van der Waals surface area (Å²) >= 11 is 0. The van der Waals surface area contributed by atoms with E-state index in [-0.39, 0.29) is 11.8 Å². The van der Waals surface area contributed by atoms with E-state index in [1.54, 1.807) is 30.3 Å². The number of carbonyl (C=O) groups is 1. The van der Waals surface area contributed by atoms with Crippen LogP contribution in [0.1, 0.15) is 15.9 Å². The van der Waals surface area contributed by atoms with Crippen LogP contribution >= 0.6 is 0 Å². The Morgan fingerprint density at radius 2 is 1.91 bits per heavy atom. The maximum atomic E-state index is 13.0. The topological polar surface area (TPSA) is 108 Å². The first-order chi connectivity index (χ1) is 16.1. The maximum absolute atomic E-state index is 13.0. The lowest BCUT2D eigenvalue weighted by Gasteiger charge is -2.11. The van der Waals surface area contributed by atoms with E-state index in [1.807, 2.05) is 30.3 Å². The van der Waals surface area contributed by atoms with Gasteiger partial charge in [-0.1, -0.05) is 12.1 Å². The SMILES string of the molecule is COc1ccc(C(=O)Nc2cccc3[nH]c(O)c(/C=c4\ccc5c(c4)N=CN=5)c23)cc1OC. The first kappa shape index (κ1) is 20.3. The molecule has 0 saturated heterocycles. The van der Waals surface area contributed by atoms with Gasteiger partial charge in [0.1, 0.15) is 6.34 Å². The molecule has 8 heteroatoms. The highest BCUT2D eigenvalue weighted by Crippen LogP contribution is 2.34. The Balaban J connectivity index is 1.56. The van der Waals surface area contributed by atoms with E-state index in [1.165, 1.54) is 20.6 Å². The van der Waals surface area contributed by atoms with Crippen molar-refractivity contribution in [1.82, 2.24) is 4.98 Å². The van der Waals surface area contributed by atoms with E-state index in [4.69, 9.17) is 9.47 Å². The number of rotatable bonds is 5. The fraction of sp³-hybridized carbons (Fsp3) is 0.0800. The number of aromatic amines is 1. The quantitative estimate of drug-likeness (QED) is 0.443. The third kappa shape index (κ3) is 3.67. The van der Waals surface area contributed by atoms with Crippen LogP contribution in [-0.2, 0) is 0 Å². The van der Waals surface area contributed by atoms with Crippen molar-refractivity contribution in [3.05, 3.63) is 76.3 Å². The molecule has 164 valence electrons. The predicted octanol–water partition coefficient (Wildman–Crippen LogP) is 3.26. The standard InChI is InChI=1S/C25H20N4O4/c1-32-21-9-7-15(12-22(21)33-2)24(30)28-18-4-3-5-19-23(18)16(25(31)29-19)10-14-6-8-17-20(11-14)27-13-26-17/h3-13,29,31H,1-2H3,(H,28,30)/b14-10+. The van der Waals surface area contributed by atoms with E-state index in [0.717, 1.165) is 16.3 Å². The van der Waals surface area contributed by atoms with Crippen molar-refractivity contribution in [2.75, 3.05) is 19.5 Å². The minimum absolute atomic E-state index is 0.00602. The first-order valence-electron chi connectivity index (χ1n) is 10.2. The van der Waals surface area contributed by atoms with Crippen molar-refractivity contribution >= 4 is 40.6 Å². The predicted molar refractivity (Wildman–Crippen MR) is 126 cm³/mol. The van der Waals surface area contributed by atoms with Crippen LogP contribution in [0.2, 0.25) is 0 Å². The summed E-state index contributed by atoms with van der Waals surface area (Å²) in [6.45, 7) is 0. The molecular formula is C25H20N4O4. The largest absolute Gasteiger partial charge is 0.494 e. The number of hydrogen-bond acceptors (Lipinski definition) is 6. The number of H-pyrrole nitrogens is 1. The normalized spacial score (nSPS) is 12.5. The number of aromatic hydroxyl groups is 1. The van der Waals surface area contributed by atoms with Crippen molar-refractivity contribution in [2.24, 2.45) is 9.98 Å². The smallest absolute Gasteiger partial charge is 0.255 e. The van der Waals surface area contributed by atoms with E-state index in [2.05, 4.69) is 20.3 Å². The van der Waals surface area contributed by atoms with Gasteiger partial charge in [0, 0.05) is 16.5 Å². The van der Waals surface area contributed by atoms with E-state index in [0.29, 0.717) is 39.2 Å². The number of methoxy groups -OCH3 is 2. The zero-order valence-corrected chi connectivity index (χ0v) is 17.9. The number of ether oxygens (including phenoxy) is 2. The molecule has 4 aromatic rings. The number of benzene rings is 3. The number of aliphatic imine (C=N–C) groups is 1. The lowest BCUT2D eigenvalue weighted by Crippen LogP contribution is -2.12. The van der Waals surface area contributed by atoms with Gasteiger partial charge in [0.15, 0.2) is 17.4 Å². The summed E-state index contributed by atoms with van der Waals surface area (Å²) in [4.78, 5) is 24.4. The molecule has 33 heavy (non-hydrogen) atoms. The molecule has 0 unspecified atom stereocenters. The van der Waals surface area contributed by atoms with E-state index < -0.39 is 0 Å². The lowest BCUT2D eigenvalue weighted by molar-refractivity contribution is 0.102. The van der Waals surface area contributed by atoms with Crippen molar-refractivity contribution < 1.29 is 19.4 Å². The van der Waals surface area contributed by atoms with Crippen LogP contribution in [0.25, 0.3) is 17.0 Å². The number of nitrogens with one attached hydrogen (secondary N) is 2. The van der Waals surface area contributed by atoms with E-state index in [9.17, 15) is 9.90 Å². The van der Waals surface area contributed by atoms with Gasteiger partial charge < -0.3 is 24.9 Å². The van der Waals surface area contributed by atoms with E-state index >= 15 is 0 Å². The highest BCUT2D eigenvalue weighted by atomic mass is 16.5. The zero-order valence-electron chi connectivity index (χ0n) is 17.9. The third-order valence-corrected chi connectivity index (χ3v) is 5.44. The lowest BCUT2D eigenvalue weighted by atomic mass is 10.1. The van der Waals surface area contributed by atoms with Crippen LogP contribution in [0.15, 0.2) is 64.6 Å². The van der Waals surface area contributed by atoms with Gasteiger partial charge in [-0.15, -0.1) is 0 Å². The van der Waals surface area contributed by atoms with Crippen LogP contribution in [0.5, 0.6) is 17.4 Å². The third-order valence-electron chi connectivity index (χ3n) is 5.44. The fourth-order valence-corrected chi connectivity index (χ4v) is 3.84. The van der Waals surface area contributed by atoms with Gasteiger partial charge in [-0.25, -0.2) is 9.98 Å². The number of nitrogens with zero attached hydrogens (tertiary/aromatic N) is 2. The number of carbonyl (C=O) groups excluding carboxylic acids is 1. The highest BCUT2D eigenvalue weighted by Gasteiger charge is 2.16. The first-order valence-corrected chi connectivity index (χ1v) is 10.2. The molecule has 0 atom stereocenters. The second kappa shape index (κ2) is 8.16. The Morgan fingerprint density at radius 1 is 1.06 bits per heavy atom. The highest BCUT2D eigenvalue weighted by molar-refractivity contribution is 6.11. The minimum atomic E-state index is -0.316. The molecular weight excluding hydrogens is 420 g/mol. The minimum Gasteiger partial charge on any atom is -0.494 e. The number of aromatic nitrogens is 1. The molecule has 0 fully saturated rings. The maximum Gasteiger partial charge on any atom is 0.255 e. The van der Waals surface area contributed by atoms with Crippen molar-refractivity contribution in [3.63, 3.8) is 0 Å². The van der Waals surface area contributed by atoms with Gasteiger partial charge in [-0.3, -0.25) is 4.79 Å². The summed E-state index contributed by atoms with van der Waals surface area (Å²) < 4.78 is 10.5. The molecule has 0 bridgehead atoms. The average molecular weight is 440 g/mol.